The van der Waals surface area contributed by atoms with Gasteiger partial charge in [0.05, 0.1) is 5.52 Å². The summed E-state index contributed by atoms with van der Waals surface area (Å²) in [5, 5.41) is 8.37. The number of aromatic nitrogens is 1. The van der Waals surface area contributed by atoms with E-state index in [9.17, 15) is 14.4 Å². The molecule has 0 bridgehead atoms. The molecule has 3 aromatic rings. The van der Waals surface area contributed by atoms with E-state index in [0.717, 1.165) is 11.1 Å². The fraction of sp³-hybridized carbons (Fsp3) is 0.318. The normalized spacial score (nSPS) is 10.9. The van der Waals surface area contributed by atoms with Gasteiger partial charge in [0.15, 0.2) is 5.58 Å². The van der Waals surface area contributed by atoms with Crippen molar-refractivity contribution in [2.45, 2.75) is 45.8 Å². The van der Waals surface area contributed by atoms with Gasteiger partial charge in [0, 0.05) is 31.2 Å². The molecule has 0 saturated carbocycles. The number of carbonyl (C=O) groups is 2. The molecule has 1 aromatic heterocycles. The molecular formula is C22H26N4O4. The van der Waals surface area contributed by atoms with Gasteiger partial charge < -0.3 is 20.4 Å². The topological polar surface area (TPSA) is 105 Å². The van der Waals surface area contributed by atoms with Crippen molar-refractivity contribution >= 4 is 28.7 Å². The summed E-state index contributed by atoms with van der Waals surface area (Å²) in [6, 6.07) is 14.3. The van der Waals surface area contributed by atoms with Crippen molar-refractivity contribution in [3.8, 4) is 0 Å². The molecule has 0 unspecified atom stereocenters. The quantitative estimate of drug-likeness (QED) is 0.530. The summed E-state index contributed by atoms with van der Waals surface area (Å²) in [4.78, 5) is 35.8. The highest BCUT2D eigenvalue weighted by Gasteiger charge is 2.09. The van der Waals surface area contributed by atoms with E-state index in [0.29, 0.717) is 37.2 Å². The number of carbonyl (C=O) groups excluding carboxylic acids is 2. The monoisotopic (exact) mass is 410 g/mol. The van der Waals surface area contributed by atoms with Crippen LogP contribution in [-0.2, 0) is 17.9 Å². The molecule has 1 heterocycles. The molecule has 0 radical (unpaired) electrons. The lowest BCUT2D eigenvalue weighted by Crippen LogP contribution is -2.34. The van der Waals surface area contributed by atoms with Crippen LogP contribution in [0.4, 0.5) is 10.5 Å². The zero-order chi connectivity index (χ0) is 21.5. The van der Waals surface area contributed by atoms with Gasteiger partial charge >= 0.3 is 11.8 Å². The van der Waals surface area contributed by atoms with E-state index >= 15 is 0 Å². The molecule has 8 heteroatoms. The molecule has 8 nitrogen and oxygen atoms in total. The largest absolute Gasteiger partial charge is 0.419 e. The van der Waals surface area contributed by atoms with E-state index in [4.69, 9.17) is 4.42 Å². The number of oxazole rings is 1. The fourth-order valence-corrected chi connectivity index (χ4v) is 3.05. The Labute approximate surface area is 174 Å². The van der Waals surface area contributed by atoms with E-state index in [1.54, 1.807) is 22.8 Å². The SMILES string of the molecule is CC(C)NC(=O)Nc1ccc(CNC(=O)CCCn2c(=O)oc3ccccc32)cc1. The second-order valence-corrected chi connectivity index (χ2v) is 7.32. The number of hydrogen-bond donors (Lipinski definition) is 3. The summed E-state index contributed by atoms with van der Waals surface area (Å²) < 4.78 is 6.74. The third kappa shape index (κ3) is 5.73. The Morgan fingerprint density at radius 1 is 1.07 bits per heavy atom. The van der Waals surface area contributed by atoms with Gasteiger partial charge in [-0.1, -0.05) is 24.3 Å². The number of rotatable bonds is 8. The Hall–Kier alpha value is -3.55. The number of para-hydroxylation sites is 2. The van der Waals surface area contributed by atoms with Gasteiger partial charge in [-0.15, -0.1) is 0 Å². The number of benzene rings is 2. The lowest BCUT2D eigenvalue weighted by Gasteiger charge is -2.11. The maximum Gasteiger partial charge on any atom is 0.419 e. The molecule has 2 aromatic carbocycles. The van der Waals surface area contributed by atoms with Crippen LogP contribution in [0, 0.1) is 0 Å². The Kier molecular flexibility index (Phi) is 6.90. The Bertz CT molecular complexity index is 1070. The molecular weight excluding hydrogens is 384 g/mol. The first-order valence-electron chi connectivity index (χ1n) is 9.94. The summed E-state index contributed by atoms with van der Waals surface area (Å²) in [7, 11) is 0. The van der Waals surface area contributed by atoms with E-state index in [-0.39, 0.29) is 18.0 Å². The van der Waals surface area contributed by atoms with E-state index < -0.39 is 5.76 Å². The second kappa shape index (κ2) is 9.78. The highest BCUT2D eigenvalue weighted by atomic mass is 16.4. The predicted molar refractivity (Wildman–Crippen MR) is 115 cm³/mol. The average Bonchev–Trinajstić information content (AvgIpc) is 3.02. The summed E-state index contributed by atoms with van der Waals surface area (Å²) in [5.41, 5.74) is 2.89. The Morgan fingerprint density at radius 3 is 2.53 bits per heavy atom. The summed E-state index contributed by atoms with van der Waals surface area (Å²) in [6.45, 7) is 4.59. The zero-order valence-electron chi connectivity index (χ0n) is 17.1. The summed E-state index contributed by atoms with van der Waals surface area (Å²) >= 11 is 0. The van der Waals surface area contributed by atoms with Crippen molar-refractivity contribution < 1.29 is 14.0 Å². The van der Waals surface area contributed by atoms with Crippen LogP contribution in [0.25, 0.3) is 11.1 Å². The van der Waals surface area contributed by atoms with Crippen molar-refractivity contribution in [1.29, 1.82) is 0 Å². The molecule has 0 atom stereocenters. The highest BCUT2D eigenvalue weighted by molar-refractivity contribution is 5.89. The first kappa shape index (κ1) is 21.2. The van der Waals surface area contributed by atoms with Crippen LogP contribution in [0.2, 0.25) is 0 Å². The molecule has 3 rings (SSSR count). The molecule has 0 spiro atoms. The van der Waals surface area contributed by atoms with E-state index in [1.165, 1.54) is 0 Å². The number of anilines is 1. The van der Waals surface area contributed by atoms with Gasteiger partial charge in [-0.25, -0.2) is 9.59 Å². The van der Waals surface area contributed by atoms with Crippen LogP contribution in [-0.4, -0.2) is 22.5 Å². The van der Waals surface area contributed by atoms with Crippen LogP contribution in [0.1, 0.15) is 32.3 Å². The molecule has 158 valence electrons. The minimum atomic E-state index is -0.410. The molecule has 3 N–H and O–H groups in total. The van der Waals surface area contributed by atoms with E-state index in [2.05, 4.69) is 16.0 Å². The Balaban J connectivity index is 1.43. The predicted octanol–water partition coefficient (Wildman–Crippen LogP) is 3.22. The minimum Gasteiger partial charge on any atom is -0.408 e. The van der Waals surface area contributed by atoms with E-state index in [1.807, 2.05) is 44.2 Å². The van der Waals surface area contributed by atoms with Gasteiger partial charge in [-0.05, 0) is 50.1 Å². The smallest absolute Gasteiger partial charge is 0.408 e. The lowest BCUT2D eigenvalue weighted by molar-refractivity contribution is -0.121. The standard InChI is InChI=1S/C22H26N4O4/c1-15(2)24-21(28)25-17-11-9-16(10-12-17)14-23-20(27)8-5-13-26-18-6-3-4-7-19(18)30-22(26)29/h3-4,6-7,9-12,15H,5,8,13-14H2,1-2H3,(H,23,27)(H2,24,25,28). The van der Waals surface area contributed by atoms with Crippen molar-refractivity contribution in [2.24, 2.45) is 0 Å². The van der Waals surface area contributed by atoms with Crippen LogP contribution < -0.4 is 21.7 Å². The number of nitrogens with zero attached hydrogens (tertiary/aromatic N) is 1. The summed E-state index contributed by atoms with van der Waals surface area (Å²) in [6.07, 6.45) is 0.837. The van der Waals surface area contributed by atoms with Gasteiger partial charge in [-0.3, -0.25) is 9.36 Å². The van der Waals surface area contributed by atoms with Crippen LogP contribution in [0.15, 0.2) is 57.7 Å². The first-order valence-corrected chi connectivity index (χ1v) is 9.94. The number of urea groups is 1. The van der Waals surface area contributed by atoms with Crippen molar-refractivity contribution in [3.05, 3.63) is 64.6 Å². The van der Waals surface area contributed by atoms with Gasteiger partial charge in [0.2, 0.25) is 5.91 Å². The number of fused-ring (bicyclic) bond motifs is 1. The second-order valence-electron chi connectivity index (χ2n) is 7.32. The first-order chi connectivity index (χ1) is 14.4. The zero-order valence-corrected chi connectivity index (χ0v) is 17.1. The lowest BCUT2D eigenvalue weighted by atomic mass is 10.2. The molecule has 3 amide bonds. The van der Waals surface area contributed by atoms with Gasteiger partial charge in [0.25, 0.3) is 0 Å². The fourth-order valence-electron chi connectivity index (χ4n) is 3.05. The molecule has 0 saturated heterocycles. The van der Waals surface area contributed by atoms with Crippen LogP contribution in [0.3, 0.4) is 0 Å². The number of amides is 3. The molecule has 0 aliphatic carbocycles. The molecule has 0 aliphatic heterocycles. The van der Waals surface area contributed by atoms with Crippen molar-refractivity contribution in [1.82, 2.24) is 15.2 Å². The third-order valence-electron chi connectivity index (χ3n) is 4.48. The highest BCUT2D eigenvalue weighted by Crippen LogP contribution is 2.13. The number of aryl methyl sites for hydroxylation is 1. The number of nitrogens with one attached hydrogen (secondary N) is 3. The number of hydrogen-bond acceptors (Lipinski definition) is 4. The van der Waals surface area contributed by atoms with Gasteiger partial charge in [0.1, 0.15) is 0 Å². The maximum atomic E-state index is 12.1. The third-order valence-corrected chi connectivity index (χ3v) is 4.48. The molecule has 0 aliphatic rings. The Morgan fingerprint density at radius 2 is 1.80 bits per heavy atom. The molecule has 0 fully saturated rings. The molecule has 30 heavy (non-hydrogen) atoms. The van der Waals surface area contributed by atoms with Crippen LogP contribution in [0.5, 0.6) is 0 Å². The minimum absolute atomic E-state index is 0.0605. The van der Waals surface area contributed by atoms with Gasteiger partial charge in [-0.2, -0.15) is 0 Å². The average molecular weight is 410 g/mol. The van der Waals surface area contributed by atoms with Crippen molar-refractivity contribution in [3.63, 3.8) is 0 Å². The maximum absolute atomic E-state index is 12.1. The van der Waals surface area contributed by atoms with Crippen molar-refractivity contribution in [2.75, 3.05) is 5.32 Å². The summed E-state index contributed by atoms with van der Waals surface area (Å²) in [5.74, 6) is -0.498. The van der Waals surface area contributed by atoms with Crippen LogP contribution >= 0.6 is 0 Å².